The first-order valence-corrected chi connectivity index (χ1v) is 13.8. The van der Waals surface area contributed by atoms with Crippen molar-refractivity contribution >= 4 is 24.4 Å². The molecular weight excluding hydrogens is 541 g/mol. The van der Waals surface area contributed by atoms with Gasteiger partial charge in [0.1, 0.15) is 30.7 Å². The van der Waals surface area contributed by atoms with Crippen LogP contribution in [0.15, 0.2) is 6.20 Å². The number of hydrogen-bond donors (Lipinski definition) is 7. The minimum Gasteiger partial charge on any atom is -0.388 e. The Morgan fingerprint density at radius 3 is 2.67 bits per heavy atom. The summed E-state index contributed by atoms with van der Waals surface area (Å²) in [6, 6.07) is 0.239. The fourth-order valence-electron chi connectivity index (χ4n) is 4.53. The van der Waals surface area contributed by atoms with Gasteiger partial charge in [0.25, 0.3) is 0 Å². The summed E-state index contributed by atoms with van der Waals surface area (Å²) in [6.07, 6.45) is -1.35. The Kier molecular flexibility index (Phi) is 7.91. The van der Waals surface area contributed by atoms with Crippen LogP contribution in [-0.4, -0.2) is 115 Å². The average molecular weight is 571 g/mol. The summed E-state index contributed by atoms with van der Waals surface area (Å²) in [4.78, 5) is 29.0. The fraction of sp³-hybridized carbons (Fsp3) is 0.700. The minimum absolute atomic E-state index is 0.0325. The maximum atomic E-state index is 12.5. The van der Waals surface area contributed by atoms with Crippen LogP contribution in [0.25, 0.3) is 11.0 Å². The smallest absolute Gasteiger partial charge is 0.359 e. The third kappa shape index (κ3) is 5.39. The van der Waals surface area contributed by atoms with Crippen LogP contribution >= 0.6 is 7.60 Å². The topological polar surface area (TPSA) is 256 Å². The van der Waals surface area contributed by atoms with Crippen molar-refractivity contribution in [3.05, 3.63) is 17.8 Å². The number of nitrogens with zero attached hydrogens (tertiary/aromatic N) is 7. The van der Waals surface area contributed by atoms with E-state index < -0.39 is 63.7 Å². The SMILES string of the molecule is COC[C@](Cc1nn[nH]n1)(OC[C@H]1O[C@@H](n2ncc3c(NC4CCC4)nc(CO)nc32)[C@H](O)[C@@H]1O)P(=O)(O)O. The van der Waals surface area contributed by atoms with Gasteiger partial charge in [-0.05, 0) is 19.3 Å². The number of aromatic amines is 1. The van der Waals surface area contributed by atoms with Crippen LogP contribution in [-0.2, 0) is 31.8 Å². The number of hydrogen-bond acceptors (Lipinski definition) is 14. The summed E-state index contributed by atoms with van der Waals surface area (Å²) < 4.78 is 30.4. The number of rotatable bonds is 12. The Hall–Kier alpha value is -2.67. The van der Waals surface area contributed by atoms with Gasteiger partial charge in [-0.3, -0.25) is 4.57 Å². The predicted octanol–water partition coefficient (Wildman–Crippen LogP) is -1.80. The molecule has 1 aliphatic heterocycles. The number of aliphatic hydroxyl groups excluding tert-OH is 3. The molecule has 3 aromatic heterocycles. The first kappa shape index (κ1) is 27.9. The number of aliphatic hydroxyl groups is 3. The Balaban J connectivity index is 1.38. The van der Waals surface area contributed by atoms with Gasteiger partial charge >= 0.3 is 7.60 Å². The largest absolute Gasteiger partial charge is 0.388 e. The van der Waals surface area contributed by atoms with Gasteiger partial charge in [-0.1, -0.05) is 5.21 Å². The van der Waals surface area contributed by atoms with Gasteiger partial charge in [0.2, 0.25) is 0 Å². The molecule has 7 N–H and O–H groups in total. The quantitative estimate of drug-likeness (QED) is 0.118. The molecule has 0 radical (unpaired) electrons. The van der Waals surface area contributed by atoms with E-state index in [9.17, 15) is 29.7 Å². The van der Waals surface area contributed by atoms with Crippen LogP contribution in [0.2, 0.25) is 0 Å². The van der Waals surface area contributed by atoms with Crippen LogP contribution in [0.1, 0.15) is 37.1 Å². The molecule has 4 heterocycles. The van der Waals surface area contributed by atoms with E-state index in [2.05, 4.69) is 41.0 Å². The fourth-order valence-corrected chi connectivity index (χ4v) is 5.42. The third-order valence-electron chi connectivity index (χ3n) is 6.91. The van der Waals surface area contributed by atoms with Crippen LogP contribution in [0.3, 0.4) is 0 Å². The van der Waals surface area contributed by atoms with Gasteiger partial charge in [0.05, 0.1) is 31.2 Å². The van der Waals surface area contributed by atoms with E-state index in [0.717, 1.165) is 19.3 Å². The number of nitrogens with one attached hydrogen (secondary N) is 2. The lowest BCUT2D eigenvalue weighted by Gasteiger charge is -2.33. The zero-order valence-electron chi connectivity index (χ0n) is 20.9. The standard InChI is InChI=1S/C20H30N9O9P/c1-36-9-20(39(33,34)35,5-13-25-27-28-26-13)37-8-12-15(31)16(32)19(38-12)29-18-11(6-21-29)17(22-10-3-2-4-10)23-14(7-30)24-18/h6,10,12,15-16,19,30-32H,2-5,7-9H2,1H3,(H,22,23,24)(H2,33,34,35)(H,25,26,27,28)/t12-,15-,16-,19-,20-/m1/s1. The highest BCUT2D eigenvalue weighted by molar-refractivity contribution is 7.53. The van der Waals surface area contributed by atoms with E-state index in [1.165, 1.54) is 18.0 Å². The lowest BCUT2D eigenvalue weighted by atomic mass is 9.93. The lowest BCUT2D eigenvalue weighted by molar-refractivity contribution is -0.113. The second kappa shape index (κ2) is 11.1. The van der Waals surface area contributed by atoms with Crippen molar-refractivity contribution in [1.82, 2.24) is 40.4 Å². The second-order valence-electron chi connectivity index (χ2n) is 9.53. The third-order valence-corrected chi connectivity index (χ3v) is 8.38. The molecule has 39 heavy (non-hydrogen) atoms. The molecule has 0 amide bonds. The molecule has 0 bridgehead atoms. The molecule has 2 fully saturated rings. The first-order chi connectivity index (χ1) is 18.7. The number of aromatic nitrogens is 8. The monoisotopic (exact) mass is 571 g/mol. The van der Waals surface area contributed by atoms with Gasteiger partial charge in [-0.25, -0.2) is 14.6 Å². The molecule has 18 nitrogen and oxygen atoms in total. The Labute approximate surface area is 220 Å². The summed E-state index contributed by atoms with van der Waals surface area (Å²) in [5.41, 5.74) is 0.259. The highest BCUT2D eigenvalue weighted by atomic mass is 31.2. The van der Waals surface area contributed by atoms with Crippen molar-refractivity contribution in [3.8, 4) is 0 Å². The molecular formula is C20H30N9O9P. The van der Waals surface area contributed by atoms with Crippen LogP contribution in [0.4, 0.5) is 5.82 Å². The van der Waals surface area contributed by atoms with E-state index in [0.29, 0.717) is 11.2 Å². The van der Waals surface area contributed by atoms with Crippen LogP contribution in [0, 0.1) is 0 Å². The van der Waals surface area contributed by atoms with E-state index in [-0.39, 0.29) is 23.3 Å². The molecule has 5 atom stereocenters. The average Bonchev–Trinajstić information content (AvgIpc) is 3.60. The Bertz CT molecular complexity index is 1320. The van der Waals surface area contributed by atoms with Crippen molar-refractivity contribution < 1.29 is 43.9 Å². The normalized spacial score (nSPS) is 25.6. The molecule has 0 unspecified atom stereocenters. The maximum Gasteiger partial charge on any atom is 0.359 e. The molecule has 1 saturated carbocycles. The molecule has 19 heteroatoms. The van der Waals surface area contributed by atoms with Crippen molar-refractivity contribution in [2.45, 2.75) is 68.2 Å². The summed E-state index contributed by atoms with van der Waals surface area (Å²) >= 11 is 0. The molecule has 0 aromatic carbocycles. The number of anilines is 1. The summed E-state index contributed by atoms with van der Waals surface area (Å²) in [5, 5.41) is 50.3. The van der Waals surface area contributed by atoms with E-state index in [1.54, 1.807) is 0 Å². The Morgan fingerprint density at radius 2 is 2.05 bits per heavy atom. The maximum absolute atomic E-state index is 12.5. The van der Waals surface area contributed by atoms with E-state index in [4.69, 9.17) is 14.2 Å². The van der Waals surface area contributed by atoms with Crippen molar-refractivity contribution in [1.29, 1.82) is 0 Å². The lowest BCUT2D eigenvalue weighted by Crippen LogP contribution is -2.44. The van der Waals surface area contributed by atoms with Gasteiger partial charge in [-0.2, -0.15) is 10.3 Å². The van der Waals surface area contributed by atoms with Gasteiger partial charge in [0, 0.05) is 13.2 Å². The van der Waals surface area contributed by atoms with Crippen molar-refractivity contribution in [2.24, 2.45) is 0 Å². The summed E-state index contributed by atoms with van der Waals surface area (Å²) in [7, 11) is -3.77. The van der Waals surface area contributed by atoms with Gasteiger partial charge in [-0.15, -0.1) is 10.2 Å². The summed E-state index contributed by atoms with van der Waals surface area (Å²) in [6.45, 7) is -1.51. The zero-order chi connectivity index (χ0) is 27.8. The Morgan fingerprint density at radius 1 is 1.26 bits per heavy atom. The summed E-state index contributed by atoms with van der Waals surface area (Å²) in [5.74, 6) is 0.585. The van der Waals surface area contributed by atoms with Crippen molar-refractivity contribution in [2.75, 3.05) is 25.6 Å². The number of tetrazole rings is 1. The van der Waals surface area contributed by atoms with E-state index >= 15 is 0 Å². The van der Waals surface area contributed by atoms with Gasteiger partial charge < -0.3 is 44.6 Å². The molecule has 3 aromatic rings. The molecule has 2 aliphatic rings. The molecule has 214 valence electrons. The van der Waals surface area contributed by atoms with Crippen LogP contribution in [0.5, 0.6) is 0 Å². The molecule has 1 saturated heterocycles. The van der Waals surface area contributed by atoms with Gasteiger partial charge in [0.15, 0.2) is 28.9 Å². The first-order valence-electron chi connectivity index (χ1n) is 12.2. The number of fused-ring (bicyclic) bond motifs is 1. The number of ether oxygens (including phenoxy) is 3. The minimum atomic E-state index is -5.01. The molecule has 0 spiro atoms. The molecule has 1 aliphatic carbocycles. The van der Waals surface area contributed by atoms with Crippen LogP contribution < -0.4 is 5.32 Å². The highest BCUT2D eigenvalue weighted by Crippen LogP contribution is 2.53. The number of methoxy groups -OCH3 is 1. The predicted molar refractivity (Wildman–Crippen MR) is 129 cm³/mol. The highest BCUT2D eigenvalue weighted by Gasteiger charge is 2.52. The zero-order valence-corrected chi connectivity index (χ0v) is 21.8. The number of H-pyrrole nitrogens is 1. The second-order valence-corrected chi connectivity index (χ2v) is 11.4. The van der Waals surface area contributed by atoms with E-state index in [1.807, 2.05) is 0 Å². The molecule has 5 rings (SSSR count). The van der Waals surface area contributed by atoms with Crippen molar-refractivity contribution in [3.63, 3.8) is 0 Å².